The highest BCUT2D eigenvalue weighted by Gasteiger charge is 2.22. The summed E-state index contributed by atoms with van der Waals surface area (Å²) >= 11 is 5.08. The first-order valence-electron chi connectivity index (χ1n) is 7.72. The number of para-hydroxylation sites is 1. The number of aromatic nitrogens is 1. The second-order valence-corrected chi connectivity index (χ2v) is 5.90. The van der Waals surface area contributed by atoms with E-state index in [0.717, 1.165) is 27.7 Å². The van der Waals surface area contributed by atoms with Gasteiger partial charge in [0.15, 0.2) is 0 Å². The minimum absolute atomic E-state index is 0.322. The molecule has 2 aromatic carbocycles. The van der Waals surface area contributed by atoms with Crippen molar-refractivity contribution in [1.82, 2.24) is 4.57 Å². The fourth-order valence-electron chi connectivity index (χ4n) is 2.91. The van der Waals surface area contributed by atoms with Crippen LogP contribution in [0.4, 0.5) is 0 Å². The van der Waals surface area contributed by atoms with E-state index in [2.05, 4.69) is 0 Å². The van der Waals surface area contributed by atoms with Crippen LogP contribution in [0.1, 0.15) is 28.5 Å². The first-order chi connectivity index (χ1) is 11.5. The standard InChI is InChI=1S/C19H18N2O2S/c1-3-23-19(22)17-12(2)15-9-4-5-10-16(15)21(17)14-8-6-7-13(11-14)18(20)24/h4-11H,3H2,1-2H3,(H2,20,24). The molecule has 0 radical (unpaired) electrons. The number of carbonyl (C=O) groups is 1. The molecule has 0 aliphatic rings. The van der Waals surface area contributed by atoms with Crippen molar-refractivity contribution in [3.05, 3.63) is 65.4 Å². The van der Waals surface area contributed by atoms with Gasteiger partial charge >= 0.3 is 5.97 Å². The Bertz CT molecular complexity index is 944. The Labute approximate surface area is 145 Å². The van der Waals surface area contributed by atoms with Crippen molar-refractivity contribution >= 4 is 34.1 Å². The van der Waals surface area contributed by atoms with Crippen LogP contribution in [0, 0.1) is 6.92 Å². The van der Waals surface area contributed by atoms with E-state index in [1.807, 2.05) is 60.0 Å². The van der Waals surface area contributed by atoms with E-state index in [1.54, 1.807) is 6.92 Å². The molecule has 0 aliphatic heterocycles. The SMILES string of the molecule is CCOC(=O)c1c(C)c2ccccc2n1-c1cccc(C(N)=S)c1. The summed E-state index contributed by atoms with van der Waals surface area (Å²) in [4.78, 5) is 12.9. The topological polar surface area (TPSA) is 57.2 Å². The lowest BCUT2D eigenvalue weighted by molar-refractivity contribution is 0.0516. The van der Waals surface area contributed by atoms with E-state index < -0.39 is 0 Å². The Morgan fingerprint density at radius 2 is 1.96 bits per heavy atom. The summed E-state index contributed by atoms with van der Waals surface area (Å²) in [6.45, 7) is 4.06. The number of nitrogens with two attached hydrogens (primary N) is 1. The third-order valence-electron chi connectivity index (χ3n) is 3.99. The minimum Gasteiger partial charge on any atom is -0.461 e. The Morgan fingerprint density at radius 1 is 1.21 bits per heavy atom. The lowest BCUT2D eigenvalue weighted by Gasteiger charge is -2.12. The third-order valence-corrected chi connectivity index (χ3v) is 4.22. The van der Waals surface area contributed by atoms with Crippen LogP contribution in [0.2, 0.25) is 0 Å². The lowest BCUT2D eigenvalue weighted by atomic mass is 10.1. The summed E-state index contributed by atoms with van der Waals surface area (Å²) in [5, 5.41) is 1.02. The molecule has 0 spiro atoms. The van der Waals surface area contributed by atoms with Crippen LogP contribution >= 0.6 is 12.2 Å². The van der Waals surface area contributed by atoms with Crippen LogP contribution in [-0.4, -0.2) is 22.1 Å². The van der Waals surface area contributed by atoms with Crippen molar-refractivity contribution in [2.45, 2.75) is 13.8 Å². The number of hydrogen-bond donors (Lipinski definition) is 1. The van der Waals surface area contributed by atoms with Crippen LogP contribution < -0.4 is 5.73 Å². The Morgan fingerprint density at radius 3 is 2.67 bits per heavy atom. The number of ether oxygens (including phenoxy) is 1. The number of carbonyl (C=O) groups excluding carboxylic acids is 1. The number of thiocarbonyl (C=S) groups is 1. The minimum atomic E-state index is -0.341. The zero-order valence-corrected chi connectivity index (χ0v) is 14.4. The molecule has 0 saturated carbocycles. The van der Waals surface area contributed by atoms with Crippen LogP contribution in [0.25, 0.3) is 16.6 Å². The quantitative estimate of drug-likeness (QED) is 0.581. The average Bonchev–Trinajstić information content (AvgIpc) is 2.88. The van der Waals surface area contributed by atoms with Crippen molar-refractivity contribution in [3.63, 3.8) is 0 Å². The summed E-state index contributed by atoms with van der Waals surface area (Å²) in [6, 6.07) is 15.4. The van der Waals surface area contributed by atoms with Gasteiger partial charge in [-0.2, -0.15) is 0 Å². The largest absolute Gasteiger partial charge is 0.461 e. The molecular formula is C19H18N2O2S. The van der Waals surface area contributed by atoms with Gasteiger partial charge in [0.05, 0.1) is 12.1 Å². The number of nitrogens with zero attached hydrogens (tertiary/aromatic N) is 1. The van der Waals surface area contributed by atoms with Gasteiger partial charge in [0, 0.05) is 16.6 Å². The molecule has 1 heterocycles. The van der Waals surface area contributed by atoms with Gasteiger partial charge in [-0.25, -0.2) is 4.79 Å². The molecule has 0 amide bonds. The van der Waals surface area contributed by atoms with E-state index in [0.29, 0.717) is 17.3 Å². The maximum Gasteiger partial charge on any atom is 0.355 e. The molecule has 5 heteroatoms. The Hall–Kier alpha value is -2.66. The molecule has 0 bridgehead atoms. The molecule has 4 nitrogen and oxygen atoms in total. The molecule has 3 aromatic rings. The summed E-state index contributed by atoms with van der Waals surface area (Å²) in [5.74, 6) is -0.341. The van der Waals surface area contributed by atoms with Gasteiger partial charge < -0.3 is 15.0 Å². The summed E-state index contributed by atoms with van der Waals surface area (Å²) < 4.78 is 7.18. The molecule has 2 N–H and O–H groups in total. The van der Waals surface area contributed by atoms with Gasteiger partial charge in [-0.1, -0.05) is 42.5 Å². The molecule has 24 heavy (non-hydrogen) atoms. The highest BCUT2D eigenvalue weighted by molar-refractivity contribution is 7.80. The molecule has 122 valence electrons. The fraction of sp³-hybridized carbons (Fsp3) is 0.158. The van der Waals surface area contributed by atoms with Crippen molar-refractivity contribution in [2.24, 2.45) is 5.73 Å². The molecule has 0 fully saturated rings. The Balaban J connectivity index is 2.33. The maximum atomic E-state index is 12.6. The first-order valence-corrected chi connectivity index (χ1v) is 8.12. The van der Waals surface area contributed by atoms with E-state index in [4.69, 9.17) is 22.7 Å². The molecule has 0 atom stereocenters. The third kappa shape index (κ3) is 2.67. The van der Waals surface area contributed by atoms with Crippen molar-refractivity contribution in [1.29, 1.82) is 0 Å². The second kappa shape index (κ2) is 6.45. The average molecular weight is 338 g/mol. The van der Waals surface area contributed by atoms with E-state index in [-0.39, 0.29) is 5.97 Å². The van der Waals surface area contributed by atoms with Crippen LogP contribution in [0.3, 0.4) is 0 Å². The summed E-state index contributed by atoms with van der Waals surface area (Å²) in [7, 11) is 0. The zero-order chi connectivity index (χ0) is 17.3. The number of hydrogen-bond acceptors (Lipinski definition) is 3. The Kier molecular flexibility index (Phi) is 4.36. The van der Waals surface area contributed by atoms with Gasteiger partial charge in [-0.3, -0.25) is 0 Å². The fourth-order valence-corrected chi connectivity index (χ4v) is 3.04. The summed E-state index contributed by atoms with van der Waals surface area (Å²) in [5.41, 5.74) is 9.70. The zero-order valence-electron chi connectivity index (χ0n) is 13.6. The van der Waals surface area contributed by atoms with Gasteiger partial charge in [-0.15, -0.1) is 0 Å². The van der Waals surface area contributed by atoms with Gasteiger partial charge in [-0.05, 0) is 37.6 Å². The van der Waals surface area contributed by atoms with E-state index in [1.165, 1.54) is 0 Å². The number of fused-ring (bicyclic) bond motifs is 1. The lowest BCUT2D eigenvalue weighted by Crippen LogP contribution is -2.14. The number of aryl methyl sites for hydroxylation is 1. The van der Waals surface area contributed by atoms with E-state index >= 15 is 0 Å². The number of benzene rings is 2. The molecule has 1 aromatic heterocycles. The molecule has 0 aliphatic carbocycles. The van der Waals surface area contributed by atoms with Gasteiger partial charge in [0.1, 0.15) is 10.7 Å². The van der Waals surface area contributed by atoms with Gasteiger partial charge in [0.25, 0.3) is 0 Å². The second-order valence-electron chi connectivity index (χ2n) is 5.46. The van der Waals surface area contributed by atoms with Crippen LogP contribution in [0.5, 0.6) is 0 Å². The molecule has 0 unspecified atom stereocenters. The first kappa shape index (κ1) is 16.2. The van der Waals surface area contributed by atoms with Crippen molar-refractivity contribution in [2.75, 3.05) is 6.61 Å². The number of esters is 1. The van der Waals surface area contributed by atoms with E-state index in [9.17, 15) is 4.79 Å². The normalized spacial score (nSPS) is 10.8. The van der Waals surface area contributed by atoms with Crippen molar-refractivity contribution in [3.8, 4) is 5.69 Å². The molecular weight excluding hydrogens is 320 g/mol. The van der Waals surface area contributed by atoms with Gasteiger partial charge in [0.2, 0.25) is 0 Å². The smallest absolute Gasteiger partial charge is 0.355 e. The monoisotopic (exact) mass is 338 g/mol. The van der Waals surface area contributed by atoms with Crippen LogP contribution in [-0.2, 0) is 4.74 Å². The summed E-state index contributed by atoms with van der Waals surface area (Å²) in [6.07, 6.45) is 0. The van der Waals surface area contributed by atoms with Crippen LogP contribution in [0.15, 0.2) is 48.5 Å². The predicted octanol–water partition coefficient (Wildman–Crippen LogP) is 3.75. The van der Waals surface area contributed by atoms with Crippen molar-refractivity contribution < 1.29 is 9.53 Å². The maximum absolute atomic E-state index is 12.6. The molecule has 0 saturated heterocycles. The predicted molar refractivity (Wildman–Crippen MR) is 99.9 cm³/mol. The highest BCUT2D eigenvalue weighted by atomic mass is 32.1. The number of rotatable bonds is 4. The molecule has 3 rings (SSSR count). The highest BCUT2D eigenvalue weighted by Crippen LogP contribution is 2.30.